The standard InChI is InChI=1S/C15H14Cl2N2O2/c1-9-6-11(18)7-13(17)15(9)19-14(20)8-21-12-4-2-10(16)3-5-12/h2-7H,8,18H2,1H3,(H,19,20). The number of nitrogens with two attached hydrogens (primary N) is 1. The van der Waals surface area contributed by atoms with E-state index < -0.39 is 0 Å². The van der Waals surface area contributed by atoms with Crippen LogP contribution >= 0.6 is 23.2 Å². The monoisotopic (exact) mass is 324 g/mol. The molecule has 0 unspecified atom stereocenters. The Morgan fingerprint density at radius 1 is 1.24 bits per heavy atom. The first kappa shape index (κ1) is 15.5. The van der Waals surface area contributed by atoms with Crippen LogP contribution in [0.3, 0.4) is 0 Å². The smallest absolute Gasteiger partial charge is 0.262 e. The van der Waals surface area contributed by atoms with Gasteiger partial charge in [0.05, 0.1) is 10.7 Å². The summed E-state index contributed by atoms with van der Waals surface area (Å²) in [6, 6.07) is 10.1. The molecular formula is C15H14Cl2N2O2. The molecule has 0 aliphatic rings. The molecule has 2 aromatic rings. The number of hydrogen-bond donors (Lipinski definition) is 2. The second-order valence-corrected chi connectivity index (χ2v) is 5.33. The van der Waals surface area contributed by atoms with Crippen molar-refractivity contribution in [1.82, 2.24) is 0 Å². The zero-order chi connectivity index (χ0) is 15.4. The summed E-state index contributed by atoms with van der Waals surface area (Å²) in [7, 11) is 0. The molecule has 2 aromatic carbocycles. The van der Waals surface area contributed by atoms with Gasteiger partial charge in [-0.25, -0.2) is 0 Å². The Morgan fingerprint density at radius 3 is 2.52 bits per heavy atom. The van der Waals surface area contributed by atoms with E-state index in [2.05, 4.69) is 5.32 Å². The number of rotatable bonds is 4. The van der Waals surface area contributed by atoms with Crippen molar-refractivity contribution in [3.05, 3.63) is 52.0 Å². The van der Waals surface area contributed by atoms with Gasteiger partial charge in [0.25, 0.3) is 5.91 Å². The predicted octanol–water partition coefficient (Wildman–Crippen LogP) is 3.90. The second kappa shape index (κ2) is 6.70. The lowest BCUT2D eigenvalue weighted by molar-refractivity contribution is -0.118. The molecule has 0 aliphatic carbocycles. The minimum atomic E-state index is -0.306. The highest BCUT2D eigenvalue weighted by atomic mass is 35.5. The molecule has 21 heavy (non-hydrogen) atoms. The van der Waals surface area contributed by atoms with Gasteiger partial charge in [-0.15, -0.1) is 0 Å². The van der Waals surface area contributed by atoms with E-state index in [9.17, 15) is 4.79 Å². The van der Waals surface area contributed by atoms with Crippen molar-refractivity contribution in [3.8, 4) is 5.75 Å². The molecule has 4 nitrogen and oxygen atoms in total. The van der Waals surface area contributed by atoms with Crippen molar-refractivity contribution in [1.29, 1.82) is 0 Å². The number of carbonyl (C=O) groups is 1. The van der Waals surface area contributed by atoms with Gasteiger partial charge in [-0.05, 0) is 48.9 Å². The normalized spacial score (nSPS) is 10.2. The molecule has 0 heterocycles. The second-order valence-electron chi connectivity index (χ2n) is 4.49. The van der Waals surface area contributed by atoms with Gasteiger partial charge in [0.1, 0.15) is 5.75 Å². The lowest BCUT2D eigenvalue weighted by Crippen LogP contribution is -2.21. The Hall–Kier alpha value is -1.91. The molecular weight excluding hydrogens is 311 g/mol. The van der Waals surface area contributed by atoms with Crippen LogP contribution in [0.5, 0.6) is 5.75 Å². The highest BCUT2D eigenvalue weighted by molar-refractivity contribution is 6.34. The number of halogens is 2. The van der Waals surface area contributed by atoms with Crippen molar-refractivity contribution < 1.29 is 9.53 Å². The number of benzene rings is 2. The fourth-order valence-corrected chi connectivity index (χ4v) is 2.23. The minimum Gasteiger partial charge on any atom is -0.484 e. The van der Waals surface area contributed by atoms with E-state index in [0.717, 1.165) is 5.56 Å². The summed E-state index contributed by atoms with van der Waals surface area (Å²) in [5, 5.41) is 3.71. The largest absolute Gasteiger partial charge is 0.484 e. The molecule has 0 spiro atoms. The van der Waals surface area contributed by atoms with Crippen LogP contribution in [0.4, 0.5) is 11.4 Å². The molecule has 110 valence electrons. The van der Waals surface area contributed by atoms with Crippen LogP contribution in [0.15, 0.2) is 36.4 Å². The molecule has 0 bridgehead atoms. The zero-order valence-electron chi connectivity index (χ0n) is 11.3. The van der Waals surface area contributed by atoms with Gasteiger partial charge in [-0.3, -0.25) is 4.79 Å². The number of amides is 1. The number of ether oxygens (including phenoxy) is 1. The molecule has 0 fully saturated rings. The molecule has 0 aromatic heterocycles. The first-order chi connectivity index (χ1) is 9.95. The van der Waals surface area contributed by atoms with E-state index in [1.165, 1.54) is 0 Å². The van der Waals surface area contributed by atoms with E-state index >= 15 is 0 Å². The third-order valence-corrected chi connectivity index (χ3v) is 3.31. The topological polar surface area (TPSA) is 64.3 Å². The minimum absolute atomic E-state index is 0.123. The van der Waals surface area contributed by atoms with Gasteiger partial charge in [0.2, 0.25) is 0 Å². The van der Waals surface area contributed by atoms with Gasteiger partial charge in [-0.1, -0.05) is 23.2 Å². The van der Waals surface area contributed by atoms with Gasteiger partial charge < -0.3 is 15.8 Å². The fraction of sp³-hybridized carbons (Fsp3) is 0.133. The molecule has 1 amide bonds. The summed E-state index contributed by atoms with van der Waals surface area (Å²) in [6.45, 7) is 1.69. The molecule has 3 N–H and O–H groups in total. The molecule has 0 radical (unpaired) electrons. The number of nitrogen functional groups attached to an aromatic ring is 1. The van der Waals surface area contributed by atoms with Crippen molar-refractivity contribution >= 4 is 40.5 Å². The number of aryl methyl sites for hydroxylation is 1. The van der Waals surface area contributed by atoms with E-state index in [1.54, 1.807) is 36.4 Å². The van der Waals surface area contributed by atoms with Crippen LogP contribution in [-0.4, -0.2) is 12.5 Å². The number of anilines is 2. The highest BCUT2D eigenvalue weighted by Gasteiger charge is 2.10. The van der Waals surface area contributed by atoms with Crippen molar-refractivity contribution in [2.45, 2.75) is 6.92 Å². The average Bonchev–Trinajstić information content (AvgIpc) is 2.42. The third kappa shape index (κ3) is 4.28. The lowest BCUT2D eigenvalue weighted by atomic mass is 10.2. The van der Waals surface area contributed by atoms with Crippen LogP contribution in [-0.2, 0) is 4.79 Å². The van der Waals surface area contributed by atoms with E-state index in [0.29, 0.717) is 27.2 Å². The van der Waals surface area contributed by atoms with Gasteiger partial charge >= 0.3 is 0 Å². The third-order valence-electron chi connectivity index (χ3n) is 2.76. The Labute approximate surface area is 132 Å². The summed E-state index contributed by atoms with van der Waals surface area (Å²) in [5.74, 6) is 0.259. The summed E-state index contributed by atoms with van der Waals surface area (Å²) in [4.78, 5) is 11.9. The van der Waals surface area contributed by atoms with Crippen molar-refractivity contribution in [3.63, 3.8) is 0 Å². The molecule has 0 atom stereocenters. The van der Waals surface area contributed by atoms with E-state index in [4.69, 9.17) is 33.7 Å². The molecule has 0 saturated heterocycles. The summed E-state index contributed by atoms with van der Waals surface area (Å²) in [5.41, 5.74) is 7.55. The predicted molar refractivity (Wildman–Crippen MR) is 86.2 cm³/mol. The average molecular weight is 325 g/mol. The van der Waals surface area contributed by atoms with Crippen LogP contribution in [0.2, 0.25) is 10.0 Å². The number of nitrogens with one attached hydrogen (secondary N) is 1. The van der Waals surface area contributed by atoms with Gasteiger partial charge in [-0.2, -0.15) is 0 Å². The van der Waals surface area contributed by atoms with E-state index in [1.807, 2.05) is 6.92 Å². The van der Waals surface area contributed by atoms with Crippen LogP contribution in [0.25, 0.3) is 0 Å². The Morgan fingerprint density at radius 2 is 1.90 bits per heavy atom. The van der Waals surface area contributed by atoms with Crippen molar-refractivity contribution in [2.75, 3.05) is 17.7 Å². The molecule has 0 saturated carbocycles. The quantitative estimate of drug-likeness (QED) is 0.838. The maximum absolute atomic E-state index is 11.9. The Kier molecular flexibility index (Phi) is 4.94. The summed E-state index contributed by atoms with van der Waals surface area (Å²) < 4.78 is 5.36. The van der Waals surface area contributed by atoms with Crippen LogP contribution < -0.4 is 15.8 Å². The lowest BCUT2D eigenvalue weighted by Gasteiger charge is -2.12. The molecule has 2 rings (SSSR count). The SMILES string of the molecule is Cc1cc(N)cc(Cl)c1NC(=O)COc1ccc(Cl)cc1. The maximum Gasteiger partial charge on any atom is 0.262 e. The van der Waals surface area contributed by atoms with Crippen LogP contribution in [0, 0.1) is 6.92 Å². The first-order valence-corrected chi connectivity index (χ1v) is 6.95. The van der Waals surface area contributed by atoms with Gasteiger partial charge in [0, 0.05) is 10.7 Å². The fourth-order valence-electron chi connectivity index (χ4n) is 1.78. The molecule has 0 aliphatic heterocycles. The zero-order valence-corrected chi connectivity index (χ0v) is 12.8. The highest BCUT2D eigenvalue weighted by Crippen LogP contribution is 2.28. The van der Waals surface area contributed by atoms with Gasteiger partial charge in [0.15, 0.2) is 6.61 Å². The number of hydrogen-bond acceptors (Lipinski definition) is 3. The number of carbonyl (C=O) groups excluding carboxylic acids is 1. The first-order valence-electron chi connectivity index (χ1n) is 6.19. The maximum atomic E-state index is 11.9. The Balaban J connectivity index is 1.97. The van der Waals surface area contributed by atoms with Crippen LogP contribution in [0.1, 0.15) is 5.56 Å². The summed E-state index contributed by atoms with van der Waals surface area (Å²) in [6.07, 6.45) is 0. The van der Waals surface area contributed by atoms with Crippen molar-refractivity contribution in [2.24, 2.45) is 0 Å². The van der Waals surface area contributed by atoms with E-state index in [-0.39, 0.29) is 12.5 Å². The molecule has 6 heteroatoms. The summed E-state index contributed by atoms with van der Waals surface area (Å²) >= 11 is 11.8. The Bertz CT molecular complexity index is 634.